The van der Waals surface area contributed by atoms with E-state index in [2.05, 4.69) is 21.1 Å². The van der Waals surface area contributed by atoms with Crippen LogP contribution in [0.3, 0.4) is 0 Å². The summed E-state index contributed by atoms with van der Waals surface area (Å²) in [6.45, 7) is 1.75. The first-order valence-corrected chi connectivity index (χ1v) is 5.80. The third-order valence-electron chi connectivity index (χ3n) is 3.16. The van der Waals surface area contributed by atoms with Crippen molar-refractivity contribution < 1.29 is 4.74 Å². The Morgan fingerprint density at radius 1 is 1.27 bits per heavy atom. The van der Waals surface area contributed by atoms with Gasteiger partial charge in [-0.3, -0.25) is 0 Å². The number of nitrogens with one attached hydrogen (secondary N) is 1. The molecule has 2 heterocycles. The van der Waals surface area contributed by atoms with E-state index in [0.29, 0.717) is 12.1 Å². The van der Waals surface area contributed by atoms with Crippen LogP contribution in [0.4, 0.5) is 5.95 Å². The highest BCUT2D eigenvalue weighted by atomic mass is 16.5. The molecule has 1 aromatic heterocycles. The molecule has 1 aromatic rings. The van der Waals surface area contributed by atoms with Crippen molar-refractivity contribution in [1.82, 2.24) is 9.55 Å². The summed E-state index contributed by atoms with van der Waals surface area (Å²) >= 11 is 0. The minimum atomic E-state index is 0.540. The Hall–Kier alpha value is -1.03. The third kappa shape index (κ3) is 2.00. The third-order valence-corrected chi connectivity index (χ3v) is 3.16. The highest BCUT2D eigenvalue weighted by molar-refractivity contribution is 5.29. The van der Waals surface area contributed by atoms with Gasteiger partial charge < -0.3 is 14.6 Å². The molecule has 0 spiro atoms. The largest absolute Gasteiger partial charge is 0.381 e. The van der Waals surface area contributed by atoms with Crippen molar-refractivity contribution in [3.63, 3.8) is 0 Å². The first-order chi connectivity index (χ1) is 7.43. The Balaban J connectivity index is 1.67. The Labute approximate surface area is 89.6 Å². The molecule has 1 saturated heterocycles. The fourth-order valence-corrected chi connectivity index (χ4v) is 2.10. The smallest absolute Gasteiger partial charge is 0.203 e. The number of ether oxygens (including phenoxy) is 1. The van der Waals surface area contributed by atoms with E-state index in [4.69, 9.17) is 4.74 Å². The molecular weight excluding hydrogens is 190 g/mol. The van der Waals surface area contributed by atoms with Crippen LogP contribution < -0.4 is 5.32 Å². The highest BCUT2D eigenvalue weighted by Crippen LogP contribution is 2.37. The number of nitrogens with zero attached hydrogens (tertiary/aromatic N) is 2. The van der Waals surface area contributed by atoms with Crippen LogP contribution in [-0.4, -0.2) is 28.8 Å². The van der Waals surface area contributed by atoms with E-state index in [1.54, 1.807) is 0 Å². The van der Waals surface area contributed by atoms with Gasteiger partial charge in [0.2, 0.25) is 5.95 Å². The lowest BCUT2D eigenvalue weighted by molar-refractivity contribution is 0.0902. The lowest BCUT2D eigenvalue weighted by Crippen LogP contribution is -2.29. The second-order valence-electron chi connectivity index (χ2n) is 4.42. The quantitative estimate of drug-likeness (QED) is 0.821. The Morgan fingerprint density at radius 2 is 2.07 bits per heavy atom. The molecule has 82 valence electrons. The molecule has 4 heteroatoms. The van der Waals surface area contributed by atoms with Crippen LogP contribution >= 0.6 is 0 Å². The molecule has 0 aromatic carbocycles. The molecule has 1 N–H and O–H groups in total. The van der Waals surface area contributed by atoms with Crippen molar-refractivity contribution in [3.8, 4) is 0 Å². The van der Waals surface area contributed by atoms with Gasteiger partial charge in [0.1, 0.15) is 0 Å². The fourth-order valence-electron chi connectivity index (χ4n) is 2.10. The van der Waals surface area contributed by atoms with Crippen molar-refractivity contribution >= 4 is 5.95 Å². The van der Waals surface area contributed by atoms with E-state index >= 15 is 0 Å². The fraction of sp³-hybridized carbons (Fsp3) is 0.727. The van der Waals surface area contributed by atoms with Gasteiger partial charge in [0.05, 0.1) is 0 Å². The molecular formula is C11H17N3O. The second kappa shape index (κ2) is 3.85. The van der Waals surface area contributed by atoms with Crippen molar-refractivity contribution in [2.45, 2.75) is 37.8 Å². The van der Waals surface area contributed by atoms with Gasteiger partial charge >= 0.3 is 0 Å². The Morgan fingerprint density at radius 3 is 2.80 bits per heavy atom. The molecule has 0 unspecified atom stereocenters. The standard InChI is InChI=1S/C11H17N3O/c1-2-10(1)14-6-5-12-11(14)13-9-3-7-15-8-4-9/h5-6,9-10H,1-4,7-8H2,(H,12,13). The molecule has 2 fully saturated rings. The summed E-state index contributed by atoms with van der Waals surface area (Å²) in [5.41, 5.74) is 0. The minimum absolute atomic E-state index is 0.540. The van der Waals surface area contributed by atoms with Gasteiger partial charge in [0.25, 0.3) is 0 Å². The molecule has 3 rings (SSSR count). The molecule has 1 saturated carbocycles. The predicted molar refractivity (Wildman–Crippen MR) is 58.0 cm³/mol. The van der Waals surface area contributed by atoms with Gasteiger partial charge in [-0.25, -0.2) is 4.98 Å². The molecule has 4 nitrogen and oxygen atoms in total. The monoisotopic (exact) mass is 207 g/mol. The van der Waals surface area contributed by atoms with Gasteiger partial charge in [-0.15, -0.1) is 0 Å². The molecule has 15 heavy (non-hydrogen) atoms. The summed E-state index contributed by atoms with van der Waals surface area (Å²) < 4.78 is 7.61. The average molecular weight is 207 g/mol. The van der Waals surface area contributed by atoms with Crippen LogP contribution in [0, 0.1) is 0 Å². The van der Waals surface area contributed by atoms with Crippen LogP contribution in [0.25, 0.3) is 0 Å². The number of imidazole rings is 1. The van der Waals surface area contributed by atoms with Gasteiger partial charge in [0.15, 0.2) is 0 Å². The zero-order valence-electron chi connectivity index (χ0n) is 8.85. The summed E-state index contributed by atoms with van der Waals surface area (Å²) in [5.74, 6) is 1.05. The number of anilines is 1. The van der Waals surface area contributed by atoms with Crippen molar-refractivity contribution in [2.24, 2.45) is 0 Å². The van der Waals surface area contributed by atoms with Crippen molar-refractivity contribution in [1.29, 1.82) is 0 Å². The summed E-state index contributed by atoms with van der Waals surface area (Å²) in [6.07, 6.45) is 8.77. The predicted octanol–water partition coefficient (Wildman–Crippen LogP) is 1.81. The summed E-state index contributed by atoms with van der Waals surface area (Å²) in [7, 11) is 0. The van der Waals surface area contributed by atoms with E-state index in [1.165, 1.54) is 12.8 Å². The van der Waals surface area contributed by atoms with Crippen LogP contribution in [0.15, 0.2) is 12.4 Å². The van der Waals surface area contributed by atoms with Crippen molar-refractivity contribution in [2.75, 3.05) is 18.5 Å². The van der Waals surface area contributed by atoms with E-state index in [1.807, 2.05) is 6.20 Å². The molecule has 1 aliphatic carbocycles. The normalized spacial score (nSPS) is 22.9. The van der Waals surface area contributed by atoms with Crippen molar-refractivity contribution in [3.05, 3.63) is 12.4 Å². The number of hydrogen-bond acceptors (Lipinski definition) is 3. The SMILES string of the molecule is c1cn(C2CC2)c(NC2CCOCC2)n1. The number of hydrogen-bond donors (Lipinski definition) is 1. The van der Waals surface area contributed by atoms with E-state index in [9.17, 15) is 0 Å². The summed E-state index contributed by atoms with van der Waals surface area (Å²) in [5, 5.41) is 3.52. The van der Waals surface area contributed by atoms with Gasteiger partial charge in [-0.1, -0.05) is 0 Å². The zero-order chi connectivity index (χ0) is 10.1. The summed E-state index contributed by atoms with van der Waals surface area (Å²) in [6, 6.07) is 1.24. The van der Waals surface area contributed by atoms with Crippen LogP contribution in [-0.2, 0) is 4.74 Å². The Bertz CT molecular complexity index is 326. The second-order valence-corrected chi connectivity index (χ2v) is 4.42. The number of rotatable bonds is 3. The Kier molecular flexibility index (Phi) is 2.37. The average Bonchev–Trinajstić information content (AvgIpc) is 3.02. The minimum Gasteiger partial charge on any atom is -0.381 e. The van der Waals surface area contributed by atoms with E-state index in [0.717, 1.165) is 32.0 Å². The van der Waals surface area contributed by atoms with Crippen LogP contribution in [0.2, 0.25) is 0 Å². The lowest BCUT2D eigenvalue weighted by Gasteiger charge is -2.23. The zero-order valence-corrected chi connectivity index (χ0v) is 8.85. The molecule has 1 aliphatic heterocycles. The molecule has 0 atom stereocenters. The van der Waals surface area contributed by atoms with Gasteiger partial charge in [-0.05, 0) is 25.7 Å². The number of aromatic nitrogens is 2. The van der Waals surface area contributed by atoms with Crippen LogP contribution in [0.5, 0.6) is 0 Å². The molecule has 0 radical (unpaired) electrons. The molecule has 0 bridgehead atoms. The maximum absolute atomic E-state index is 5.34. The maximum Gasteiger partial charge on any atom is 0.203 e. The first-order valence-electron chi connectivity index (χ1n) is 5.80. The van der Waals surface area contributed by atoms with Gasteiger partial charge in [-0.2, -0.15) is 0 Å². The highest BCUT2D eigenvalue weighted by Gasteiger charge is 2.26. The first kappa shape index (κ1) is 9.21. The van der Waals surface area contributed by atoms with E-state index < -0.39 is 0 Å². The topological polar surface area (TPSA) is 39.1 Å². The van der Waals surface area contributed by atoms with Crippen LogP contribution in [0.1, 0.15) is 31.7 Å². The molecule has 2 aliphatic rings. The van der Waals surface area contributed by atoms with E-state index in [-0.39, 0.29) is 0 Å². The van der Waals surface area contributed by atoms with Gasteiger partial charge in [0, 0.05) is 37.7 Å². The summed E-state index contributed by atoms with van der Waals surface area (Å²) in [4.78, 5) is 4.38. The maximum atomic E-state index is 5.34. The molecule has 0 amide bonds. The lowest BCUT2D eigenvalue weighted by atomic mass is 10.1.